The van der Waals surface area contributed by atoms with E-state index in [4.69, 9.17) is 22.3 Å². The highest BCUT2D eigenvalue weighted by atomic mass is 35.7. The number of aryl methyl sites for hydroxylation is 1. The molecule has 1 aromatic rings. The van der Waals surface area contributed by atoms with Crippen LogP contribution in [0.4, 0.5) is 8.78 Å². The number of hydrogen-bond donors (Lipinski definition) is 0. The summed E-state index contributed by atoms with van der Waals surface area (Å²) < 4.78 is 47.0. The van der Waals surface area contributed by atoms with Crippen LogP contribution >= 0.6 is 22.3 Å². The third-order valence-corrected chi connectivity index (χ3v) is 3.23. The first kappa shape index (κ1) is 12.6. The Kier molecular flexibility index (Phi) is 3.52. The molecule has 0 saturated heterocycles. The van der Waals surface area contributed by atoms with Gasteiger partial charge in [0, 0.05) is 16.4 Å². The molecule has 0 aliphatic heterocycles. The Morgan fingerprint density at radius 2 is 2.00 bits per heavy atom. The van der Waals surface area contributed by atoms with Gasteiger partial charge in [-0.1, -0.05) is 11.6 Å². The van der Waals surface area contributed by atoms with Gasteiger partial charge in [-0.05, 0) is 13.0 Å². The fourth-order valence-corrected chi connectivity index (χ4v) is 2.53. The lowest BCUT2D eigenvalue weighted by Crippen LogP contribution is -2.02. The lowest BCUT2D eigenvalue weighted by molar-refractivity contribution is 0.147. The van der Waals surface area contributed by atoms with Gasteiger partial charge < -0.3 is 0 Å². The maximum Gasteiger partial charge on any atom is 0.268 e. The third-order valence-electron chi connectivity index (χ3n) is 1.58. The Balaban J connectivity index is 3.62. The van der Waals surface area contributed by atoms with Gasteiger partial charge in [0.15, 0.2) is 0 Å². The zero-order chi connectivity index (χ0) is 11.8. The molecule has 1 heterocycles. The molecule has 1 rings (SSSR count). The minimum atomic E-state index is -4.26. The van der Waals surface area contributed by atoms with Crippen LogP contribution in [-0.4, -0.2) is 13.4 Å². The van der Waals surface area contributed by atoms with Crippen LogP contribution in [0.25, 0.3) is 0 Å². The van der Waals surface area contributed by atoms with Crippen LogP contribution in [0.2, 0.25) is 5.15 Å². The van der Waals surface area contributed by atoms with E-state index in [1.165, 1.54) is 6.92 Å². The van der Waals surface area contributed by atoms with Gasteiger partial charge in [0.25, 0.3) is 15.5 Å². The second-order valence-corrected chi connectivity index (χ2v) is 5.60. The summed E-state index contributed by atoms with van der Waals surface area (Å²) in [6.45, 7) is 1.42. The molecule has 8 heteroatoms. The summed E-state index contributed by atoms with van der Waals surface area (Å²) in [5, 5.41) is -0.552. The molecule has 0 aliphatic carbocycles. The Hall–Kier alpha value is -0.460. The third kappa shape index (κ3) is 2.76. The molecular formula is C7H5Cl2F2NO2S. The molecule has 1 aromatic heterocycles. The number of pyridine rings is 1. The predicted molar refractivity (Wildman–Crippen MR) is 52.0 cm³/mol. The average Bonchev–Trinajstić information content (AvgIpc) is 1.99. The van der Waals surface area contributed by atoms with Crippen molar-refractivity contribution in [3.8, 4) is 0 Å². The summed E-state index contributed by atoms with van der Waals surface area (Å²) in [7, 11) is 0.748. The van der Waals surface area contributed by atoms with E-state index in [0.717, 1.165) is 6.07 Å². The average molecular weight is 276 g/mol. The smallest absolute Gasteiger partial charge is 0.241 e. The minimum absolute atomic E-state index is 0.198. The fraction of sp³-hybridized carbons (Fsp3) is 0.286. The van der Waals surface area contributed by atoms with E-state index in [2.05, 4.69) is 4.98 Å². The van der Waals surface area contributed by atoms with E-state index in [-0.39, 0.29) is 5.69 Å². The van der Waals surface area contributed by atoms with Crippen LogP contribution in [0.15, 0.2) is 11.0 Å². The van der Waals surface area contributed by atoms with Gasteiger partial charge in [0.05, 0.1) is 10.5 Å². The van der Waals surface area contributed by atoms with Gasteiger partial charge >= 0.3 is 0 Å². The maximum atomic E-state index is 12.5. The van der Waals surface area contributed by atoms with Crippen molar-refractivity contribution < 1.29 is 17.2 Å². The summed E-state index contributed by atoms with van der Waals surface area (Å²) >= 11 is 5.42. The van der Waals surface area contributed by atoms with Crippen molar-refractivity contribution in [2.24, 2.45) is 0 Å². The van der Waals surface area contributed by atoms with Crippen molar-refractivity contribution >= 4 is 31.3 Å². The lowest BCUT2D eigenvalue weighted by Gasteiger charge is -2.08. The molecule has 0 atom stereocenters. The van der Waals surface area contributed by atoms with Gasteiger partial charge in [0.1, 0.15) is 5.15 Å². The first-order valence-corrected chi connectivity index (χ1v) is 6.32. The lowest BCUT2D eigenvalue weighted by atomic mass is 10.2. The van der Waals surface area contributed by atoms with Gasteiger partial charge in [-0.2, -0.15) is 0 Å². The molecule has 84 valence electrons. The second-order valence-electron chi connectivity index (χ2n) is 2.70. The molecule has 0 N–H and O–H groups in total. The Morgan fingerprint density at radius 3 is 2.40 bits per heavy atom. The van der Waals surface area contributed by atoms with E-state index in [9.17, 15) is 17.2 Å². The van der Waals surface area contributed by atoms with Gasteiger partial charge in [-0.3, -0.25) is 0 Å². The van der Waals surface area contributed by atoms with Crippen LogP contribution < -0.4 is 0 Å². The zero-order valence-electron chi connectivity index (χ0n) is 7.34. The molecule has 15 heavy (non-hydrogen) atoms. The van der Waals surface area contributed by atoms with Crippen LogP contribution in [0.1, 0.15) is 17.7 Å². The molecule has 3 nitrogen and oxygen atoms in total. The van der Waals surface area contributed by atoms with Gasteiger partial charge in [-0.15, -0.1) is 0 Å². The molecule has 0 spiro atoms. The standard InChI is InChI=1S/C7H5Cl2F2NO2S/c1-3-2-4(15(9,13)14)5(7(10)11)6(8)12-3/h2,7H,1H3. The van der Waals surface area contributed by atoms with Gasteiger partial charge in [0.2, 0.25) is 0 Å². The molecule has 0 bridgehead atoms. The second kappa shape index (κ2) is 4.19. The maximum absolute atomic E-state index is 12.5. The fourth-order valence-electron chi connectivity index (χ4n) is 1.02. The molecule has 0 saturated carbocycles. The Bertz CT molecular complexity index is 490. The van der Waals surface area contributed by atoms with E-state index in [0.29, 0.717) is 0 Å². The van der Waals surface area contributed by atoms with Crippen LogP contribution in [0, 0.1) is 6.92 Å². The molecule has 0 fully saturated rings. The number of nitrogens with zero attached hydrogens (tertiary/aromatic N) is 1. The summed E-state index contributed by atoms with van der Waals surface area (Å²) in [5.74, 6) is 0. The van der Waals surface area contributed by atoms with Crippen LogP contribution in [0.3, 0.4) is 0 Å². The van der Waals surface area contributed by atoms with Crippen molar-refractivity contribution in [3.05, 3.63) is 22.5 Å². The number of halogens is 4. The topological polar surface area (TPSA) is 47.0 Å². The zero-order valence-corrected chi connectivity index (χ0v) is 9.67. The number of aromatic nitrogens is 1. The summed E-state index contributed by atoms with van der Waals surface area (Å²) in [5.41, 5.74) is -0.666. The van der Waals surface area contributed by atoms with E-state index in [1.54, 1.807) is 0 Å². The van der Waals surface area contributed by atoms with Crippen LogP contribution in [0.5, 0.6) is 0 Å². The highest BCUT2D eigenvalue weighted by Gasteiger charge is 2.26. The summed E-state index contributed by atoms with van der Waals surface area (Å²) in [6, 6.07) is 0.954. The van der Waals surface area contributed by atoms with Crippen molar-refractivity contribution in [1.82, 2.24) is 4.98 Å². The van der Waals surface area contributed by atoms with Gasteiger partial charge in [-0.25, -0.2) is 22.2 Å². The molecular weight excluding hydrogens is 271 g/mol. The number of hydrogen-bond acceptors (Lipinski definition) is 3. The molecule has 0 radical (unpaired) electrons. The highest BCUT2D eigenvalue weighted by Crippen LogP contribution is 2.33. The summed E-state index contributed by atoms with van der Waals surface area (Å²) in [4.78, 5) is 2.83. The van der Waals surface area contributed by atoms with Crippen molar-refractivity contribution in [1.29, 1.82) is 0 Å². The molecule has 0 unspecified atom stereocenters. The van der Waals surface area contributed by atoms with E-state index in [1.807, 2.05) is 0 Å². The largest absolute Gasteiger partial charge is 0.268 e. The Morgan fingerprint density at radius 1 is 1.47 bits per heavy atom. The minimum Gasteiger partial charge on any atom is -0.241 e. The Labute approximate surface area is 94.4 Å². The van der Waals surface area contributed by atoms with Crippen LogP contribution in [-0.2, 0) is 9.05 Å². The molecule has 0 aromatic carbocycles. The quantitative estimate of drug-likeness (QED) is 0.616. The number of alkyl halides is 2. The first-order valence-electron chi connectivity index (χ1n) is 3.63. The van der Waals surface area contributed by atoms with Crippen molar-refractivity contribution in [2.45, 2.75) is 18.2 Å². The number of rotatable bonds is 2. The van der Waals surface area contributed by atoms with Crippen molar-refractivity contribution in [2.75, 3.05) is 0 Å². The monoisotopic (exact) mass is 275 g/mol. The predicted octanol–water partition coefficient (Wildman–Crippen LogP) is 2.91. The van der Waals surface area contributed by atoms with E-state index < -0.39 is 31.1 Å². The SMILES string of the molecule is Cc1cc(S(=O)(=O)Cl)c(C(F)F)c(Cl)n1. The van der Waals surface area contributed by atoms with Crippen molar-refractivity contribution in [3.63, 3.8) is 0 Å². The molecule has 0 aliphatic rings. The highest BCUT2D eigenvalue weighted by molar-refractivity contribution is 8.13. The van der Waals surface area contributed by atoms with E-state index >= 15 is 0 Å². The normalized spacial score (nSPS) is 12.1. The summed E-state index contributed by atoms with van der Waals surface area (Å²) in [6.07, 6.45) is -3.05. The molecule has 0 amide bonds. The first-order chi connectivity index (χ1) is 6.73.